The predicted octanol–water partition coefficient (Wildman–Crippen LogP) is 0.602. The number of carboxylic acid groups (broad SMARTS) is 1. The monoisotopic (exact) mass is 293 g/mol. The second kappa shape index (κ2) is 10.3. The first-order valence-electron chi connectivity index (χ1n) is 5.41. The molecule has 0 aliphatic heterocycles. The molecule has 0 saturated carbocycles. The van der Waals surface area contributed by atoms with Crippen LogP contribution in [0, 0.1) is 0 Å². The summed E-state index contributed by atoms with van der Waals surface area (Å²) in [5.41, 5.74) is 0. The number of nitrogens with one attached hydrogen (secondary N) is 1. The summed E-state index contributed by atoms with van der Waals surface area (Å²) in [5.74, 6) is -1.35. The molecule has 1 atom stereocenters. The summed E-state index contributed by atoms with van der Waals surface area (Å²) in [4.78, 5) is 20.2. The Hall–Kier alpha value is -1.67. The van der Waals surface area contributed by atoms with Gasteiger partial charge in [0.1, 0.15) is 5.25 Å². The fourth-order valence-corrected chi connectivity index (χ4v) is 1.60. The van der Waals surface area contributed by atoms with Crippen molar-refractivity contribution < 1.29 is 27.7 Å². The van der Waals surface area contributed by atoms with E-state index in [2.05, 4.69) is 11.9 Å². The molecule has 1 unspecified atom stereocenters. The first-order valence-corrected chi connectivity index (χ1v) is 6.91. The Bertz CT molecular complexity index is 426. The van der Waals surface area contributed by atoms with Gasteiger partial charge in [-0.05, 0) is 19.4 Å². The predicted molar refractivity (Wildman–Crippen MR) is 71.3 cm³/mol. The zero-order valence-corrected chi connectivity index (χ0v) is 11.7. The summed E-state index contributed by atoms with van der Waals surface area (Å²) in [6.45, 7) is 6.38. The molecule has 0 spiro atoms. The molecule has 0 aromatic heterocycles. The standard InChI is InChI=1S/C7H13NO4S.C4H6O2/c1-3-6(13(10,11)12)5-8-7(9)4-2;1-2-3-4(5)6/h4,6H,2-3,5H2,1H3,(H,8,9)(H,10,11,12);2-3H,1H3,(H,5,6)/b;3-2+. The minimum Gasteiger partial charge on any atom is -0.478 e. The number of carbonyl (C=O) groups is 2. The summed E-state index contributed by atoms with van der Waals surface area (Å²) in [5, 5.41) is 9.17. The van der Waals surface area contributed by atoms with E-state index >= 15 is 0 Å². The number of carbonyl (C=O) groups excluding carboxylic acids is 1. The molecule has 0 aliphatic rings. The second-order valence-corrected chi connectivity index (χ2v) is 5.03. The van der Waals surface area contributed by atoms with Gasteiger partial charge >= 0.3 is 5.97 Å². The van der Waals surface area contributed by atoms with E-state index in [-0.39, 0.29) is 13.0 Å². The van der Waals surface area contributed by atoms with Gasteiger partial charge in [-0.1, -0.05) is 19.6 Å². The molecular formula is C11H19NO6S. The highest BCUT2D eigenvalue weighted by molar-refractivity contribution is 7.86. The fourth-order valence-electron chi connectivity index (χ4n) is 0.889. The van der Waals surface area contributed by atoms with Gasteiger partial charge in [-0.3, -0.25) is 9.35 Å². The molecule has 3 N–H and O–H groups in total. The van der Waals surface area contributed by atoms with Crippen LogP contribution < -0.4 is 5.32 Å². The lowest BCUT2D eigenvalue weighted by Crippen LogP contribution is -2.35. The fraction of sp³-hybridized carbons (Fsp3) is 0.455. The van der Waals surface area contributed by atoms with Crippen LogP contribution in [-0.2, 0) is 19.7 Å². The van der Waals surface area contributed by atoms with Crippen LogP contribution in [0.15, 0.2) is 24.8 Å². The average Bonchev–Trinajstić information content (AvgIpc) is 2.28. The van der Waals surface area contributed by atoms with Crippen LogP contribution in [0.5, 0.6) is 0 Å². The molecule has 0 aromatic rings. The number of hydrogen-bond acceptors (Lipinski definition) is 4. The van der Waals surface area contributed by atoms with Gasteiger partial charge in [-0.25, -0.2) is 4.79 Å². The number of rotatable bonds is 6. The Balaban J connectivity index is 0. The molecule has 0 aliphatic carbocycles. The Labute approximate surface area is 112 Å². The van der Waals surface area contributed by atoms with Crippen molar-refractivity contribution in [1.82, 2.24) is 5.32 Å². The van der Waals surface area contributed by atoms with Gasteiger partial charge in [0.05, 0.1) is 0 Å². The molecule has 7 nitrogen and oxygen atoms in total. The zero-order valence-electron chi connectivity index (χ0n) is 10.9. The summed E-state index contributed by atoms with van der Waals surface area (Å²) < 4.78 is 29.9. The van der Waals surface area contributed by atoms with Crippen molar-refractivity contribution >= 4 is 22.0 Å². The molecule has 0 aromatic carbocycles. The summed E-state index contributed by atoms with van der Waals surface area (Å²) in [6, 6.07) is 0. The minimum atomic E-state index is -4.07. The van der Waals surface area contributed by atoms with Crippen molar-refractivity contribution in [3.05, 3.63) is 24.8 Å². The van der Waals surface area contributed by atoms with Crippen LogP contribution in [-0.4, -0.2) is 41.7 Å². The van der Waals surface area contributed by atoms with Crippen LogP contribution in [0.1, 0.15) is 20.3 Å². The second-order valence-electron chi connectivity index (χ2n) is 3.33. The molecule has 0 heterocycles. The van der Waals surface area contributed by atoms with E-state index < -0.39 is 27.2 Å². The molecule has 0 saturated heterocycles. The third-order valence-electron chi connectivity index (χ3n) is 1.88. The Morgan fingerprint density at radius 2 is 1.95 bits per heavy atom. The van der Waals surface area contributed by atoms with E-state index in [0.717, 1.165) is 12.2 Å². The lowest BCUT2D eigenvalue weighted by Gasteiger charge is -2.10. The summed E-state index contributed by atoms with van der Waals surface area (Å²) in [7, 11) is -4.07. The third kappa shape index (κ3) is 12.6. The van der Waals surface area contributed by atoms with E-state index in [4.69, 9.17) is 9.66 Å². The SMILES string of the molecule is C/C=C/C(=O)O.C=CC(=O)NCC(CC)S(=O)(=O)O. The van der Waals surface area contributed by atoms with Gasteiger partial charge in [0.2, 0.25) is 5.91 Å². The highest BCUT2D eigenvalue weighted by Crippen LogP contribution is 2.01. The number of amides is 1. The van der Waals surface area contributed by atoms with Gasteiger partial charge in [0.25, 0.3) is 10.1 Å². The number of allylic oxidation sites excluding steroid dienone is 1. The van der Waals surface area contributed by atoms with Gasteiger partial charge in [0, 0.05) is 12.6 Å². The smallest absolute Gasteiger partial charge is 0.327 e. The van der Waals surface area contributed by atoms with Crippen molar-refractivity contribution in [2.45, 2.75) is 25.5 Å². The van der Waals surface area contributed by atoms with Gasteiger partial charge in [-0.15, -0.1) is 0 Å². The number of hydrogen-bond donors (Lipinski definition) is 3. The van der Waals surface area contributed by atoms with Crippen LogP contribution in [0.25, 0.3) is 0 Å². The maximum atomic E-state index is 10.7. The quantitative estimate of drug-likeness (QED) is 0.487. The summed E-state index contributed by atoms with van der Waals surface area (Å²) in [6.07, 6.45) is 3.84. The summed E-state index contributed by atoms with van der Waals surface area (Å²) >= 11 is 0. The topological polar surface area (TPSA) is 121 Å². The lowest BCUT2D eigenvalue weighted by molar-refractivity contribution is -0.131. The number of aliphatic carboxylic acids is 1. The van der Waals surface area contributed by atoms with Crippen molar-refractivity contribution in [3.63, 3.8) is 0 Å². The molecule has 110 valence electrons. The van der Waals surface area contributed by atoms with Crippen LogP contribution >= 0.6 is 0 Å². The van der Waals surface area contributed by atoms with Gasteiger partial charge < -0.3 is 10.4 Å². The van der Waals surface area contributed by atoms with Crippen molar-refractivity contribution in [2.75, 3.05) is 6.54 Å². The lowest BCUT2D eigenvalue weighted by atomic mass is 10.3. The molecule has 0 fully saturated rings. The molecule has 0 bridgehead atoms. The Kier molecular flexibility index (Phi) is 10.6. The molecule has 0 rings (SSSR count). The van der Waals surface area contributed by atoms with E-state index in [9.17, 15) is 18.0 Å². The normalized spacial score (nSPS) is 12.2. The molecule has 1 amide bonds. The highest BCUT2D eigenvalue weighted by Gasteiger charge is 2.20. The molecule has 8 heteroatoms. The van der Waals surface area contributed by atoms with Crippen molar-refractivity contribution in [2.24, 2.45) is 0 Å². The Morgan fingerprint density at radius 3 is 2.16 bits per heavy atom. The molecule has 19 heavy (non-hydrogen) atoms. The molecule has 0 radical (unpaired) electrons. The third-order valence-corrected chi connectivity index (χ3v) is 3.22. The van der Waals surface area contributed by atoms with Crippen LogP contribution in [0.4, 0.5) is 0 Å². The van der Waals surface area contributed by atoms with Crippen LogP contribution in [0.3, 0.4) is 0 Å². The van der Waals surface area contributed by atoms with E-state index in [1.807, 2.05) is 0 Å². The van der Waals surface area contributed by atoms with E-state index in [1.54, 1.807) is 13.8 Å². The van der Waals surface area contributed by atoms with E-state index in [0.29, 0.717) is 0 Å². The van der Waals surface area contributed by atoms with E-state index in [1.165, 1.54) is 6.08 Å². The molecular weight excluding hydrogens is 274 g/mol. The first-order chi connectivity index (χ1) is 8.68. The van der Waals surface area contributed by atoms with Crippen LogP contribution in [0.2, 0.25) is 0 Å². The van der Waals surface area contributed by atoms with Crippen molar-refractivity contribution in [3.8, 4) is 0 Å². The minimum absolute atomic E-state index is 0.0970. The Morgan fingerprint density at radius 1 is 1.42 bits per heavy atom. The van der Waals surface area contributed by atoms with Gasteiger partial charge in [-0.2, -0.15) is 8.42 Å². The maximum absolute atomic E-state index is 10.7. The maximum Gasteiger partial charge on any atom is 0.327 e. The first kappa shape index (κ1) is 19.7. The zero-order chi connectivity index (χ0) is 15.5. The van der Waals surface area contributed by atoms with Crippen molar-refractivity contribution in [1.29, 1.82) is 0 Å². The largest absolute Gasteiger partial charge is 0.478 e. The van der Waals surface area contributed by atoms with Gasteiger partial charge in [0.15, 0.2) is 0 Å². The average molecular weight is 293 g/mol. The highest BCUT2D eigenvalue weighted by atomic mass is 32.2. The number of carboxylic acids is 1.